The lowest BCUT2D eigenvalue weighted by molar-refractivity contribution is 1.23. The van der Waals surface area contributed by atoms with Gasteiger partial charge in [-0.3, -0.25) is 9.97 Å². The van der Waals surface area contributed by atoms with Gasteiger partial charge in [0.15, 0.2) is 0 Å². The molecule has 5 nitrogen and oxygen atoms in total. The molecule has 0 saturated heterocycles. The Hall–Kier alpha value is -3.26. The van der Waals surface area contributed by atoms with Gasteiger partial charge in [0.05, 0.1) is 17.1 Å². The van der Waals surface area contributed by atoms with Gasteiger partial charge in [0.25, 0.3) is 0 Å². The first-order valence-corrected chi connectivity index (χ1v) is 6.33. The summed E-state index contributed by atoms with van der Waals surface area (Å²) in [5.74, 6) is 0.182. The predicted octanol–water partition coefficient (Wildman–Crippen LogP) is 2.66. The van der Waals surface area contributed by atoms with E-state index in [0.717, 1.165) is 0 Å². The summed E-state index contributed by atoms with van der Waals surface area (Å²) >= 11 is 0. The number of aromatic nitrogens is 3. The fraction of sp³-hybridized carbons (Fsp3) is 0. The minimum Gasteiger partial charge on any atom is -0.383 e. The van der Waals surface area contributed by atoms with E-state index in [-0.39, 0.29) is 5.82 Å². The molecule has 0 bridgehead atoms. The summed E-state index contributed by atoms with van der Waals surface area (Å²) in [5, 5.41) is 9.31. The number of nitrogen functional groups attached to an aromatic ring is 1. The minimum atomic E-state index is 0.182. The molecule has 2 N–H and O–H groups in total. The first kappa shape index (κ1) is 12.8. The fourth-order valence-corrected chi connectivity index (χ4v) is 2.05. The number of nitriles is 1. The minimum absolute atomic E-state index is 0.182. The van der Waals surface area contributed by atoms with Crippen LogP contribution in [0.1, 0.15) is 5.56 Å². The Labute approximate surface area is 121 Å². The molecule has 100 valence electrons. The second kappa shape index (κ2) is 5.39. The van der Waals surface area contributed by atoms with Gasteiger partial charge in [-0.05, 0) is 30.3 Å². The van der Waals surface area contributed by atoms with Gasteiger partial charge in [0.2, 0.25) is 0 Å². The summed E-state index contributed by atoms with van der Waals surface area (Å²) in [7, 11) is 0. The lowest BCUT2D eigenvalue weighted by Crippen LogP contribution is -2.01. The predicted molar refractivity (Wildman–Crippen MR) is 79.8 cm³/mol. The normalized spacial score (nSPS) is 10.0. The van der Waals surface area contributed by atoms with Gasteiger partial charge in [-0.2, -0.15) is 5.26 Å². The van der Waals surface area contributed by atoms with E-state index < -0.39 is 0 Å². The SMILES string of the molecule is N#Cc1c(-c2ccccn2)cc(-c2ccccn2)nc1N. The Bertz CT molecular complexity index is 807. The smallest absolute Gasteiger partial charge is 0.142 e. The number of anilines is 1. The molecule has 3 rings (SSSR count). The third-order valence-corrected chi connectivity index (χ3v) is 3.03. The monoisotopic (exact) mass is 273 g/mol. The van der Waals surface area contributed by atoms with Crippen LogP contribution in [0.2, 0.25) is 0 Å². The molecule has 0 atom stereocenters. The van der Waals surface area contributed by atoms with E-state index in [9.17, 15) is 5.26 Å². The zero-order valence-electron chi connectivity index (χ0n) is 11.1. The van der Waals surface area contributed by atoms with Crippen LogP contribution in [0.5, 0.6) is 0 Å². The molecule has 5 heteroatoms. The van der Waals surface area contributed by atoms with Crippen molar-refractivity contribution in [1.82, 2.24) is 15.0 Å². The Morgan fingerprint density at radius 2 is 1.57 bits per heavy atom. The van der Waals surface area contributed by atoms with E-state index in [4.69, 9.17) is 5.73 Å². The lowest BCUT2D eigenvalue weighted by Gasteiger charge is -2.08. The molecule has 0 aliphatic heterocycles. The van der Waals surface area contributed by atoms with Crippen LogP contribution < -0.4 is 5.73 Å². The van der Waals surface area contributed by atoms with E-state index in [1.807, 2.05) is 36.4 Å². The van der Waals surface area contributed by atoms with Crippen LogP contribution in [0.4, 0.5) is 5.82 Å². The van der Waals surface area contributed by atoms with Gasteiger partial charge in [0.1, 0.15) is 17.5 Å². The fourth-order valence-electron chi connectivity index (χ4n) is 2.05. The summed E-state index contributed by atoms with van der Waals surface area (Å²) in [6.07, 6.45) is 3.36. The van der Waals surface area contributed by atoms with Crippen LogP contribution in [0, 0.1) is 11.3 Å². The third kappa shape index (κ3) is 2.42. The van der Waals surface area contributed by atoms with Crippen LogP contribution >= 0.6 is 0 Å². The van der Waals surface area contributed by atoms with Gasteiger partial charge < -0.3 is 5.73 Å². The van der Waals surface area contributed by atoms with Crippen LogP contribution in [-0.2, 0) is 0 Å². The number of rotatable bonds is 2. The lowest BCUT2D eigenvalue weighted by atomic mass is 10.0. The van der Waals surface area contributed by atoms with Crippen LogP contribution in [0.25, 0.3) is 22.6 Å². The van der Waals surface area contributed by atoms with Gasteiger partial charge in [-0.15, -0.1) is 0 Å². The van der Waals surface area contributed by atoms with Crippen molar-refractivity contribution in [3.8, 4) is 28.7 Å². The molecule has 3 aromatic rings. The van der Waals surface area contributed by atoms with Gasteiger partial charge in [0, 0.05) is 18.0 Å². The topological polar surface area (TPSA) is 88.5 Å². The van der Waals surface area contributed by atoms with Crippen molar-refractivity contribution in [2.45, 2.75) is 0 Å². The van der Waals surface area contributed by atoms with E-state index in [1.54, 1.807) is 18.5 Å². The second-order valence-corrected chi connectivity index (χ2v) is 4.36. The molecule has 21 heavy (non-hydrogen) atoms. The molecular weight excluding hydrogens is 262 g/mol. The summed E-state index contributed by atoms with van der Waals surface area (Å²) in [6.45, 7) is 0. The third-order valence-electron chi connectivity index (χ3n) is 3.03. The highest BCUT2D eigenvalue weighted by Gasteiger charge is 2.14. The van der Waals surface area contributed by atoms with Crippen molar-refractivity contribution >= 4 is 5.82 Å². The number of hydrogen-bond donors (Lipinski definition) is 1. The maximum Gasteiger partial charge on any atom is 0.142 e. The summed E-state index contributed by atoms with van der Waals surface area (Å²) in [6, 6.07) is 14.9. The number of nitrogens with two attached hydrogens (primary N) is 1. The number of pyridine rings is 3. The summed E-state index contributed by atoms with van der Waals surface area (Å²) < 4.78 is 0. The molecule has 0 unspecified atom stereocenters. The van der Waals surface area contributed by atoms with Crippen LogP contribution in [0.3, 0.4) is 0 Å². The largest absolute Gasteiger partial charge is 0.383 e. The standard InChI is InChI=1S/C16H11N5/c17-10-12-11(13-5-1-3-7-19-13)9-15(21-16(12)18)14-6-2-4-8-20-14/h1-9H,(H2,18,21). The molecular formula is C16H11N5. The maximum atomic E-state index is 9.31. The molecule has 0 saturated carbocycles. The zero-order chi connectivity index (χ0) is 14.7. The molecule has 0 aromatic carbocycles. The summed E-state index contributed by atoms with van der Waals surface area (Å²) in [5.41, 5.74) is 8.90. The number of hydrogen-bond acceptors (Lipinski definition) is 5. The molecule has 3 heterocycles. The Morgan fingerprint density at radius 1 is 0.905 bits per heavy atom. The van der Waals surface area contributed by atoms with Crippen molar-refractivity contribution in [2.24, 2.45) is 0 Å². The van der Waals surface area contributed by atoms with E-state index >= 15 is 0 Å². The molecule has 0 aliphatic rings. The van der Waals surface area contributed by atoms with Crippen molar-refractivity contribution in [3.05, 3.63) is 60.4 Å². The van der Waals surface area contributed by atoms with Crippen molar-refractivity contribution in [3.63, 3.8) is 0 Å². The summed E-state index contributed by atoms with van der Waals surface area (Å²) in [4.78, 5) is 12.8. The quantitative estimate of drug-likeness (QED) is 0.775. The van der Waals surface area contributed by atoms with Gasteiger partial charge in [-0.1, -0.05) is 12.1 Å². The Balaban J connectivity index is 2.24. The van der Waals surface area contributed by atoms with Crippen molar-refractivity contribution < 1.29 is 0 Å². The van der Waals surface area contributed by atoms with Crippen LogP contribution in [-0.4, -0.2) is 15.0 Å². The highest BCUT2D eigenvalue weighted by atomic mass is 14.9. The zero-order valence-corrected chi connectivity index (χ0v) is 11.1. The maximum absolute atomic E-state index is 9.31. The Kier molecular flexibility index (Phi) is 3.27. The first-order valence-electron chi connectivity index (χ1n) is 6.33. The molecule has 0 fully saturated rings. The van der Waals surface area contributed by atoms with Crippen molar-refractivity contribution in [1.29, 1.82) is 5.26 Å². The van der Waals surface area contributed by atoms with E-state index in [0.29, 0.717) is 28.2 Å². The highest BCUT2D eigenvalue weighted by molar-refractivity contribution is 5.77. The molecule has 0 amide bonds. The molecule has 0 spiro atoms. The van der Waals surface area contributed by atoms with Crippen LogP contribution in [0.15, 0.2) is 54.9 Å². The molecule has 0 radical (unpaired) electrons. The second-order valence-electron chi connectivity index (χ2n) is 4.36. The average molecular weight is 273 g/mol. The van der Waals surface area contributed by atoms with Crippen molar-refractivity contribution in [2.75, 3.05) is 5.73 Å². The van der Waals surface area contributed by atoms with Gasteiger partial charge in [-0.25, -0.2) is 4.98 Å². The molecule has 0 aliphatic carbocycles. The van der Waals surface area contributed by atoms with E-state index in [1.165, 1.54) is 0 Å². The Morgan fingerprint density at radius 3 is 2.14 bits per heavy atom. The van der Waals surface area contributed by atoms with Gasteiger partial charge >= 0.3 is 0 Å². The first-order chi connectivity index (χ1) is 10.3. The average Bonchev–Trinajstić information content (AvgIpc) is 2.55. The highest BCUT2D eigenvalue weighted by Crippen LogP contribution is 2.29. The number of nitrogens with zero attached hydrogens (tertiary/aromatic N) is 4. The molecule has 3 aromatic heterocycles. The van der Waals surface area contributed by atoms with E-state index in [2.05, 4.69) is 21.0 Å².